The van der Waals surface area contributed by atoms with Crippen molar-refractivity contribution in [3.8, 4) is 11.3 Å². The van der Waals surface area contributed by atoms with Crippen LogP contribution in [0.15, 0.2) is 42.7 Å². The molecule has 2 amide bonds. The number of nitrogens with zero attached hydrogens (tertiary/aromatic N) is 6. The lowest BCUT2D eigenvalue weighted by Crippen LogP contribution is -2.48. The zero-order valence-electron chi connectivity index (χ0n) is 24.0. The van der Waals surface area contributed by atoms with E-state index < -0.39 is 24.1 Å². The molecule has 2 fully saturated rings. The van der Waals surface area contributed by atoms with Crippen molar-refractivity contribution >= 4 is 46.2 Å². The fourth-order valence-electron chi connectivity index (χ4n) is 6.05. The monoisotopic (exact) mass is 633 g/mol. The number of amides is 2. The molecule has 3 N–H and O–H groups in total. The average Bonchev–Trinajstić information content (AvgIpc) is 3.50. The summed E-state index contributed by atoms with van der Waals surface area (Å²) in [6.07, 6.45) is 2.25. The van der Waals surface area contributed by atoms with Crippen molar-refractivity contribution in [2.75, 3.05) is 31.2 Å². The minimum Gasteiger partial charge on any atom is -0.481 e. The van der Waals surface area contributed by atoms with Gasteiger partial charge in [-0.3, -0.25) is 19.4 Å². The van der Waals surface area contributed by atoms with Crippen LogP contribution < -0.4 is 10.6 Å². The highest BCUT2D eigenvalue weighted by atomic mass is 35.5. The van der Waals surface area contributed by atoms with E-state index in [0.717, 1.165) is 22.1 Å². The van der Waals surface area contributed by atoms with Gasteiger partial charge in [0, 0.05) is 41.6 Å². The molecule has 12 nitrogen and oxygen atoms in total. The fraction of sp³-hybridized carbons (Fsp3) is 0.355. The number of carbonyl (C=O) groups is 3. The van der Waals surface area contributed by atoms with Crippen molar-refractivity contribution in [3.05, 3.63) is 70.0 Å². The van der Waals surface area contributed by atoms with Crippen molar-refractivity contribution in [1.29, 1.82) is 0 Å². The van der Waals surface area contributed by atoms with Gasteiger partial charge in [0.05, 0.1) is 49.8 Å². The van der Waals surface area contributed by atoms with Gasteiger partial charge < -0.3 is 25.4 Å². The maximum absolute atomic E-state index is 13.8. The van der Waals surface area contributed by atoms with E-state index in [1.54, 1.807) is 23.0 Å². The quantitative estimate of drug-likeness (QED) is 0.268. The largest absolute Gasteiger partial charge is 0.481 e. The van der Waals surface area contributed by atoms with E-state index in [4.69, 9.17) is 37.1 Å². The molecule has 0 saturated carbocycles. The van der Waals surface area contributed by atoms with Crippen molar-refractivity contribution in [1.82, 2.24) is 24.6 Å². The number of alkyl halides is 1. The van der Waals surface area contributed by atoms with E-state index in [-0.39, 0.29) is 44.3 Å². The molecule has 1 atom stereocenters. The summed E-state index contributed by atoms with van der Waals surface area (Å²) < 4.78 is 20.9. The molecule has 7 rings (SSSR count). The van der Waals surface area contributed by atoms with Gasteiger partial charge in [-0.2, -0.15) is 5.10 Å². The van der Waals surface area contributed by atoms with E-state index in [9.17, 15) is 18.8 Å². The number of fused-ring (bicyclic) bond motifs is 2. The van der Waals surface area contributed by atoms with Gasteiger partial charge in [-0.15, -0.1) is 0 Å². The fourth-order valence-corrected chi connectivity index (χ4v) is 6.33. The first-order valence-corrected chi connectivity index (χ1v) is 15.0. The molecule has 4 aromatic rings. The Hall–Kier alpha value is -4.62. The van der Waals surface area contributed by atoms with Crippen LogP contribution in [0.5, 0.6) is 0 Å². The van der Waals surface area contributed by atoms with Crippen LogP contribution in [-0.4, -0.2) is 86.1 Å². The number of anilines is 1. The molecule has 14 heteroatoms. The van der Waals surface area contributed by atoms with Crippen molar-refractivity contribution in [3.63, 3.8) is 0 Å². The number of benzene rings is 1. The number of aliphatic carboxylic acids is 1. The number of rotatable bonds is 10. The normalized spacial score (nSPS) is 17.3. The van der Waals surface area contributed by atoms with Gasteiger partial charge in [0.25, 0.3) is 5.91 Å². The van der Waals surface area contributed by atoms with E-state index in [0.29, 0.717) is 53.1 Å². The maximum atomic E-state index is 13.8. The number of primary amides is 1. The molecule has 6 heterocycles. The van der Waals surface area contributed by atoms with Crippen LogP contribution in [0.1, 0.15) is 45.8 Å². The summed E-state index contributed by atoms with van der Waals surface area (Å²) in [6, 6.07) is 8.12. The summed E-state index contributed by atoms with van der Waals surface area (Å²) in [4.78, 5) is 49.1. The molecule has 0 radical (unpaired) electrons. The molecule has 45 heavy (non-hydrogen) atoms. The van der Waals surface area contributed by atoms with Gasteiger partial charge in [-0.05, 0) is 41.3 Å². The summed E-state index contributed by atoms with van der Waals surface area (Å²) in [7, 11) is 0. The first-order chi connectivity index (χ1) is 21.7. The molecule has 2 saturated heterocycles. The van der Waals surface area contributed by atoms with Crippen LogP contribution in [0.3, 0.4) is 0 Å². The van der Waals surface area contributed by atoms with Gasteiger partial charge in [-0.25, -0.2) is 14.1 Å². The molecule has 0 spiro atoms. The minimum absolute atomic E-state index is 0.0658. The molecular weight excluding hydrogens is 605 g/mol. The molecule has 3 aliphatic heterocycles. The molecule has 3 aliphatic rings. The smallest absolute Gasteiger partial charge is 0.303 e. The second-order valence-corrected chi connectivity index (χ2v) is 12.1. The van der Waals surface area contributed by atoms with Crippen molar-refractivity contribution in [2.45, 2.75) is 44.1 Å². The first-order valence-electron chi connectivity index (χ1n) is 14.6. The number of hydrogen-bond acceptors (Lipinski definition) is 8. The minimum atomic E-state index is -1.07. The number of hydrogen-bond donors (Lipinski definition) is 2. The van der Waals surface area contributed by atoms with E-state index in [1.165, 1.54) is 4.90 Å². The van der Waals surface area contributed by atoms with Crippen LogP contribution in [-0.2, 0) is 27.4 Å². The number of pyridine rings is 2. The SMILES string of the molecule is NC(=O)[C@H](CCC(=O)O)N1Cc2cc(Cn3ncc4c(-c5ncc(C6COC6)cc5Cl)cc(N5CC(F)C5)nc43)ccc2C1=O. The molecule has 0 aliphatic carbocycles. The number of carboxylic acid groups (broad SMARTS) is 1. The standard InChI is InChI=1S/C31H29ClFN7O5/c32-24-6-17(19-14-45-15-19)8-35-28(24)22-7-26(38-12-20(33)13-38)37-30-23(22)9-36-40(30)10-16-1-2-21-18(5-16)11-39(31(21)44)25(29(34)43)3-4-27(41)42/h1-2,5-9,19-20,25H,3-4,10-15H2,(H2,34,43)(H,41,42)/t25-/m0/s1. The molecule has 0 unspecified atom stereocenters. The Morgan fingerprint density at radius 3 is 2.62 bits per heavy atom. The average molecular weight is 634 g/mol. The third-order valence-electron chi connectivity index (χ3n) is 8.65. The molecule has 1 aromatic carbocycles. The summed E-state index contributed by atoms with van der Waals surface area (Å²) in [5.41, 5.74) is 10.4. The van der Waals surface area contributed by atoms with Crippen LogP contribution >= 0.6 is 11.6 Å². The van der Waals surface area contributed by atoms with Gasteiger partial charge in [-0.1, -0.05) is 23.7 Å². The van der Waals surface area contributed by atoms with Gasteiger partial charge in [0.1, 0.15) is 18.0 Å². The van der Waals surface area contributed by atoms with Crippen molar-refractivity contribution < 1.29 is 28.6 Å². The number of aromatic nitrogens is 4. The summed E-state index contributed by atoms with van der Waals surface area (Å²) in [5.74, 6) is -1.33. The Kier molecular flexibility index (Phi) is 7.37. The highest BCUT2D eigenvalue weighted by Gasteiger charge is 2.36. The highest BCUT2D eigenvalue weighted by molar-refractivity contribution is 6.33. The third-order valence-corrected chi connectivity index (χ3v) is 8.94. The third kappa shape index (κ3) is 5.35. The lowest BCUT2D eigenvalue weighted by atomic mass is 9.98. The molecular formula is C31H29ClFN7O5. The summed E-state index contributed by atoms with van der Waals surface area (Å²) >= 11 is 6.77. The number of carbonyl (C=O) groups excluding carboxylic acids is 2. The topological polar surface area (TPSA) is 157 Å². The van der Waals surface area contributed by atoms with Crippen LogP contribution in [0.2, 0.25) is 5.02 Å². The lowest BCUT2D eigenvalue weighted by Gasteiger charge is -2.35. The zero-order valence-corrected chi connectivity index (χ0v) is 24.8. The highest BCUT2D eigenvalue weighted by Crippen LogP contribution is 2.37. The summed E-state index contributed by atoms with van der Waals surface area (Å²) in [6.45, 7) is 2.20. The Morgan fingerprint density at radius 1 is 1.16 bits per heavy atom. The maximum Gasteiger partial charge on any atom is 0.303 e. The van der Waals surface area contributed by atoms with Crippen LogP contribution in [0, 0.1) is 0 Å². The second kappa shape index (κ2) is 11.4. The number of ether oxygens (including phenoxy) is 1. The lowest BCUT2D eigenvalue weighted by molar-refractivity contribution is -0.137. The number of nitrogens with two attached hydrogens (primary N) is 1. The zero-order chi connectivity index (χ0) is 31.4. The number of halogens is 2. The Morgan fingerprint density at radius 2 is 1.96 bits per heavy atom. The second-order valence-electron chi connectivity index (χ2n) is 11.7. The molecule has 232 valence electrons. The molecule has 3 aromatic heterocycles. The Bertz CT molecular complexity index is 1860. The van der Waals surface area contributed by atoms with Crippen LogP contribution in [0.4, 0.5) is 10.2 Å². The predicted octanol–water partition coefficient (Wildman–Crippen LogP) is 3.14. The summed E-state index contributed by atoms with van der Waals surface area (Å²) in [5, 5.41) is 14.9. The Labute approximate surface area is 261 Å². The van der Waals surface area contributed by atoms with E-state index >= 15 is 0 Å². The molecule has 0 bridgehead atoms. The predicted molar refractivity (Wildman–Crippen MR) is 162 cm³/mol. The van der Waals surface area contributed by atoms with Gasteiger partial charge in [0.2, 0.25) is 5.91 Å². The van der Waals surface area contributed by atoms with Gasteiger partial charge in [0.15, 0.2) is 5.65 Å². The van der Waals surface area contributed by atoms with E-state index in [2.05, 4.69) is 5.10 Å². The van der Waals surface area contributed by atoms with E-state index in [1.807, 2.05) is 29.3 Å². The van der Waals surface area contributed by atoms with Gasteiger partial charge >= 0.3 is 5.97 Å². The Balaban J connectivity index is 1.20. The van der Waals surface area contributed by atoms with Crippen LogP contribution in [0.25, 0.3) is 22.3 Å². The number of carboxylic acids is 1. The first kappa shape index (κ1) is 29.1. The van der Waals surface area contributed by atoms with Crippen molar-refractivity contribution in [2.24, 2.45) is 5.73 Å².